The molecule has 0 atom stereocenters. The van der Waals surface area contributed by atoms with Crippen molar-refractivity contribution < 1.29 is 28.6 Å². The zero-order valence-corrected chi connectivity index (χ0v) is 27.0. The number of hydrogen-bond acceptors (Lipinski definition) is 7. The van der Waals surface area contributed by atoms with Crippen LogP contribution in [-0.2, 0) is 20.9 Å². The van der Waals surface area contributed by atoms with Crippen molar-refractivity contribution in [2.24, 2.45) is 0 Å². The lowest BCUT2D eigenvalue weighted by Crippen LogP contribution is -2.41. The van der Waals surface area contributed by atoms with Crippen LogP contribution in [0.3, 0.4) is 0 Å². The molecule has 0 unspecified atom stereocenters. The Hall–Kier alpha value is -5.63. The van der Waals surface area contributed by atoms with Gasteiger partial charge in [-0.15, -0.1) is 0 Å². The Labute approximate surface area is 274 Å². The van der Waals surface area contributed by atoms with E-state index >= 15 is 0 Å². The third kappa shape index (κ3) is 8.35. The number of nitrogens with zero attached hydrogens (tertiary/aromatic N) is 2. The van der Waals surface area contributed by atoms with E-state index in [1.54, 1.807) is 51.1 Å². The van der Waals surface area contributed by atoms with Gasteiger partial charge in [-0.05, 0) is 80.4 Å². The van der Waals surface area contributed by atoms with Crippen LogP contribution in [0.25, 0.3) is 21.5 Å². The van der Waals surface area contributed by atoms with Gasteiger partial charge in [0.05, 0.1) is 5.69 Å². The molecule has 2 amide bonds. The molecule has 0 radical (unpaired) electrons. The lowest BCUT2D eigenvalue weighted by molar-refractivity contribution is -0.128. The summed E-state index contributed by atoms with van der Waals surface area (Å²) in [6.07, 6.45) is 1.50. The number of carbonyl (C=O) groups excluding carboxylic acids is 3. The molecule has 0 aliphatic rings. The predicted octanol–water partition coefficient (Wildman–Crippen LogP) is 9.06. The van der Waals surface area contributed by atoms with Crippen LogP contribution in [0, 0.1) is 0 Å². The number of anilines is 2. The quantitative estimate of drug-likeness (QED) is 0.0695. The Morgan fingerprint density at radius 1 is 0.745 bits per heavy atom. The van der Waals surface area contributed by atoms with Crippen LogP contribution in [0.5, 0.6) is 5.75 Å². The zero-order chi connectivity index (χ0) is 33.4. The third-order valence-electron chi connectivity index (χ3n) is 7.31. The van der Waals surface area contributed by atoms with Crippen molar-refractivity contribution in [3.05, 3.63) is 127 Å². The van der Waals surface area contributed by atoms with Crippen LogP contribution >= 0.6 is 0 Å². The van der Waals surface area contributed by atoms with Gasteiger partial charge in [-0.1, -0.05) is 78.9 Å². The number of benzene rings is 5. The number of carbonyl (C=O) groups is 3. The Kier molecular flexibility index (Phi) is 10.2. The van der Waals surface area contributed by atoms with Crippen LogP contribution in [0.15, 0.2) is 121 Å². The van der Waals surface area contributed by atoms with Gasteiger partial charge in [0.1, 0.15) is 18.0 Å². The smallest absolute Gasteiger partial charge is 0.424 e. The number of likely N-dealkylation sites (N-methyl/N-ethyl adjacent to an activating group) is 1. The van der Waals surface area contributed by atoms with Gasteiger partial charge in [0.15, 0.2) is 0 Å². The number of hydrogen-bond donors (Lipinski definition) is 0. The largest absolute Gasteiger partial charge is 0.444 e. The summed E-state index contributed by atoms with van der Waals surface area (Å²) < 4.78 is 17.0. The molecule has 0 spiro atoms. The molecule has 5 rings (SSSR count). The molecule has 5 aromatic rings. The highest BCUT2D eigenvalue weighted by Crippen LogP contribution is 2.35. The number of para-hydroxylation sites is 1. The molecule has 0 fully saturated rings. The molecule has 0 N–H and O–H groups in total. The van der Waals surface area contributed by atoms with Gasteiger partial charge in [-0.25, -0.2) is 14.4 Å². The molecule has 0 aliphatic carbocycles. The maximum absolute atomic E-state index is 13.5. The number of amides is 2. The number of imide groups is 1. The van der Waals surface area contributed by atoms with Crippen molar-refractivity contribution in [2.75, 3.05) is 22.9 Å². The monoisotopic (exact) mass is 630 g/mol. The standard InChI is InChI=1S/C39H38N2O6/c1-5-40(31-19-10-7-11-20-31)24-14-23-36(42)46-35-22-13-18-30-25-32-29(26-33(30)35)17-12-21-34(32)41(38(44)47-39(2,3)4)37(43)45-27-28-15-8-6-9-16-28/h6-23,25-26H,5,24,27H2,1-4H3/b23-14+. The fourth-order valence-corrected chi connectivity index (χ4v) is 5.13. The van der Waals surface area contributed by atoms with Crippen LogP contribution in [0.4, 0.5) is 21.0 Å². The van der Waals surface area contributed by atoms with Gasteiger partial charge in [-0.2, -0.15) is 4.90 Å². The highest BCUT2D eigenvalue weighted by atomic mass is 16.6. The summed E-state index contributed by atoms with van der Waals surface area (Å²) in [5.74, 6) is -0.0983. The highest BCUT2D eigenvalue weighted by molar-refractivity contribution is 6.17. The molecule has 240 valence electrons. The van der Waals surface area contributed by atoms with Gasteiger partial charge in [0, 0.05) is 35.6 Å². The molecular weight excluding hydrogens is 592 g/mol. The molecular formula is C39H38N2O6. The van der Waals surface area contributed by atoms with Gasteiger partial charge in [0.2, 0.25) is 0 Å². The van der Waals surface area contributed by atoms with Crippen LogP contribution in [0.1, 0.15) is 33.3 Å². The molecule has 0 heterocycles. The molecule has 0 saturated carbocycles. The minimum absolute atomic E-state index is 0.0153. The van der Waals surface area contributed by atoms with Crippen LogP contribution in [0.2, 0.25) is 0 Å². The Bertz CT molecular complexity index is 1900. The van der Waals surface area contributed by atoms with E-state index in [-0.39, 0.29) is 6.61 Å². The maximum Gasteiger partial charge on any atom is 0.424 e. The van der Waals surface area contributed by atoms with Crippen LogP contribution in [-0.4, -0.2) is 36.8 Å². The third-order valence-corrected chi connectivity index (χ3v) is 7.31. The summed E-state index contributed by atoms with van der Waals surface area (Å²) in [4.78, 5) is 42.9. The summed E-state index contributed by atoms with van der Waals surface area (Å²) >= 11 is 0. The van der Waals surface area contributed by atoms with E-state index in [9.17, 15) is 14.4 Å². The van der Waals surface area contributed by atoms with Crippen molar-refractivity contribution >= 4 is 51.1 Å². The first kappa shape index (κ1) is 32.8. The SMILES string of the molecule is CCN(C/C=C/C(=O)Oc1cccc2cc3c(N(C(=O)OCc4ccccc4)C(=O)OC(C)(C)C)cccc3cc12)c1ccccc1. The summed E-state index contributed by atoms with van der Waals surface area (Å²) in [6, 6.07) is 33.6. The Morgan fingerprint density at radius 3 is 2.06 bits per heavy atom. The van der Waals surface area contributed by atoms with Gasteiger partial charge < -0.3 is 19.1 Å². The van der Waals surface area contributed by atoms with Crippen molar-refractivity contribution in [1.82, 2.24) is 0 Å². The maximum atomic E-state index is 13.5. The van der Waals surface area contributed by atoms with E-state index < -0.39 is 23.8 Å². The van der Waals surface area contributed by atoms with E-state index in [1.165, 1.54) is 6.08 Å². The second-order valence-corrected chi connectivity index (χ2v) is 11.9. The summed E-state index contributed by atoms with van der Waals surface area (Å²) in [7, 11) is 0. The highest BCUT2D eigenvalue weighted by Gasteiger charge is 2.31. The summed E-state index contributed by atoms with van der Waals surface area (Å²) in [5.41, 5.74) is 1.31. The topological polar surface area (TPSA) is 85.4 Å². The molecule has 8 nitrogen and oxygen atoms in total. The van der Waals surface area contributed by atoms with Crippen molar-refractivity contribution in [2.45, 2.75) is 39.9 Å². The van der Waals surface area contributed by atoms with Gasteiger partial charge >= 0.3 is 18.2 Å². The first-order valence-electron chi connectivity index (χ1n) is 15.5. The van der Waals surface area contributed by atoms with Gasteiger partial charge in [0.25, 0.3) is 0 Å². The van der Waals surface area contributed by atoms with E-state index in [0.29, 0.717) is 28.8 Å². The average Bonchev–Trinajstić information content (AvgIpc) is 3.05. The molecule has 0 aliphatic heterocycles. The average molecular weight is 631 g/mol. The second kappa shape index (κ2) is 14.6. The molecule has 0 bridgehead atoms. The van der Waals surface area contributed by atoms with Gasteiger partial charge in [-0.3, -0.25) is 0 Å². The number of fused-ring (bicyclic) bond motifs is 2. The Balaban J connectivity index is 1.42. The molecule has 0 saturated heterocycles. The minimum Gasteiger partial charge on any atom is -0.444 e. The molecule has 8 heteroatoms. The summed E-state index contributed by atoms with van der Waals surface area (Å²) in [6.45, 7) is 8.59. The van der Waals surface area contributed by atoms with E-state index in [2.05, 4.69) is 11.8 Å². The second-order valence-electron chi connectivity index (χ2n) is 11.9. The molecule has 5 aromatic carbocycles. The predicted molar refractivity (Wildman–Crippen MR) is 186 cm³/mol. The first-order chi connectivity index (χ1) is 22.6. The minimum atomic E-state index is -0.862. The fraction of sp³-hybridized carbons (Fsp3) is 0.205. The number of esters is 1. The zero-order valence-electron chi connectivity index (χ0n) is 27.0. The lowest BCUT2D eigenvalue weighted by atomic mass is 10.0. The first-order valence-corrected chi connectivity index (χ1v) is 15.5. The van der Waals surface area contributed by atoms with E-state index in [0.717, 1.165) is 33.5 Å². The van der Waals surface area contributed by atoms with E-state index in [1.807, 2.05) is 84.9 Å². The van der Waals surface area contributed by atoms with Crippen LogP contribution < -0.4 is 14.5 Å². The van der Waals surface area contributed by atoms with Crippen molar-refractivity contribution in [3.63, 3.8) is 0 Å². The normalized spacial score (nSPS) is 11.4. The number of ether oxygens (including phenoxy) is 3. The number of rotatable bonds is 9. The summed E-state index contributed by atoms with van der Waals surface area (Å²) in [5, 5.41) is 2.79. The lowest BCUT2D eigenvalue weighted by Gasteiger charge is -2.26. The molecule has 47 heavy (non-hydrogen) atoms. The Morgan fingerprint density at radius 2 is 1.38 bits per heavy atom. The molecule has 0 aromatic heterocycles. The van der Waals surface area contributed by atoms with Crippen molar-refractivity contribution in [3.8, 4) is 5.75 Å². The fourth-order valence-electron chi connectivity index (χ4n) is 5.13. The van der Waals surface area contributed by atoms with Crippen molar-refractivity contribution in [1.29, 1.82) is 0 Å². The van der Waals surface area contributed by atoms with E-state index in [4.69, 9.17) is 14.2 Å².